The minimum atomic E-state index is -0.546. The van der Waals surface area contributed by atoms with Crippen LogP contribution in [0.3, 0.4) is 0 Å². The number of fused-ring (bicyclic) bond motifs is 1. The van der Waals surface area contributed by atoms with Gasteiger partial charge >= 0.3 is 5.97 Å². The number of halogens is 1. The van der Waals surface area contributed by atoms with Gasteiger partial charge in [-0.3, -0.25) is 0 Å². The summed E-state index contributed by atoms with van der Waals surface area (Å²) in [5.74, 6) is 0.0604. The number of hydrogen-bond acceptors (Lipinski definition) is 4. The first kappa shape index (κ1) is 14.8. The summed E-state index contributed by atoms with van der Waals surface area (Å²) in [6, 6.07) is 14.6. The smallest absolute Gasteiger partial charge is 0.380 e. The van der Waals surface area contributed by atoms with E-state index in [2.05, 4.69) is 15.9 Å². The summed E-state index contributed by atoms with van der Waals surface area (Å²) in [5.41, 5.74) is 1.32. The van der Waals surface area contributed by atoms with Gasteiger partial charge in [-0.1, -0.05) is 30.3 Å². The van der Waals surface area contributed by atoms with E-state index in [-0.39, 0.29) is 12.4 Å². The second-order valence-corrected chi connectivity index (χ2v) is 5.51. The SMILES string of the molecule is COCc1c(C(=O)Oc2ccccc2Br)oc2ccccc12. The molecule has 0 spiro atoms. The van der Waals surface area contributed by atoms with Gasteiger partial charge in [0, 0.05) is 18.1 Å². The van der Waals surface area contributed by atoms with Crippen molar-refractivity contribution in [2.45, 2.75) is 6.61 Å². The van der Waals surface area contributed by atoms with Crippen LogP contribution in [-0.2, 0) is 11.3 Å². The van der Waals surface area contributed by atoms with E-state index in [0.29, 0.717) is 21.4 Å². The molecule has 0 aliphatic rings. The van der Waals surface area contributed by atoms with E-state index >= 15 is 0 Å². The van der Waals surface area contributed by atoms with E-state index in [4.69, 9.17) is 13.9 Å². The fourth-order valence-corrected chi connectivity index (χ4v) is 2.59. The Hall–Kier alpha value is -2.11. The van der Waals surface area contributed by atoms with Crippen molar-refractivity contribution in [3.8, 4) is 5.75 Å². The molecule has 2 aromatic carbocycles. The molecule has 0 bridgehead atoms. The van der Waals surface area contributed by atoms with E-state index in [1.54, 1.807) is 25.3 Å². The van der Waals surface area contributed by atoms with Crippen molar-refractivity contribution < 1.29 is 18.7 Å². The molecular weight excluding hydrogens is 348 g/mol. The predicted octanol–water partition coefficient (Wildman–Crippen LogP) is 4.56. The summed E-state index contributed by atoms with van der Waals surface area (Å²) in [5, 5.41) is 0.850. The predicted molar refractivity (Wildman–Crippen MR) is 86.0 cm³/mol. The van der Waals surface area contributed by atoms with E-state index in [1.165, 1.54) is 0 Å². The molecular formula is C17H13BrO4. The Bertz CT molecular complexity index is 822. The Morgan fingerprint density at radius 1 is 1.14 bits per heavy atom. The normalized spacial score (nSPS) is 10.8. The number of benzene rings is 2. The lowest BCUT2D eigenvalue weighted by atomic mass is 10.1. The van der Waals surface area contributed by atoms with Gasteiger partial charge in [0.2, 0.25) is 5.76 Å². The highest BCUT2D eigenvalue weighted by atomic mass is 79.9. The van der Waals surface area contributed by atoms with Crippen molar-refractivity contribution in [3.63, 3.8) is 0 Å². The van der Waals surface area contributed by atoms with E-state index < -0.39 is 5.97 Å². The van der Waals surface area contributed by atoms with Gasteiger partial charge in [-0.15, -0.1) is 0 Å². The van der Waals surface area contributed by atoms with Crippen LogP contribution in [0.25, 0.3) is 11.0 Å². The number of para-hydroxylation sites is 2. The molecule has 0 aliphatic heterocycles. The molecule has 1 aromatic heterocycles. The van der Waals surface area contributed by atoms with Gasteiger partial charge in [0.25, 0.3) is 0 Å². The van der Waals surface area contributed by atoms with Crippen LogP contribution in [0.1, 0.15) is 16.1 Å². The van der Waals surface area contributed by atoms with Gasteiger partial charge in [-0.05, 0) is 34.1 Å². The van der Waals surface area contributed by atoms with Gasteiger partial charge in [-0.25, -0.2) is 4.79 Å². The van der Waals surface area contributed by atoms with Crippen LogP contribution in [0.5, 0.6) is 5.75 Å². The van der Waals surface area contributed by atoms with Crippen molar-refractivity contribution in [2.24, 2.45) is 0 Å². The average Bonchev–Trinajstić information content (AvgIpc) is 2.89. The number of furan rings is 1. The number of esters is 1. The molecule has 1 heterocycles. The Morgan fingerprint density at radius 3 is 2.64 bits per heavy atom. The number of carbonyl (C=O) groups is 1. The minimum absolute atomic E-state index is 0.166. The fourth-order valence-electron chi connectivity index (χ4n) is 2.23. The molecule has 5 heteroatoms. The first-order valence-electron chi connectivity index (χ1n) is 6.66. The molecule has 3 aromatic rings. The maximum atomic E-state index is 12.4. The first-order chi connectivity index (χ1) is 10.7. The summed E-state index contributed by atoms with van der Waals surface area (Å²) in [6.45, 7) is 0.275. The van der Waals surface area contributed by atoms with Gasteiger partial charge in [0.1, 0.15) is 11.3 Å². The fraction of sp³-hybridized carbons (Fsp3) is 0.118. The van der Waals surface area contributed by atoms with Crippen molar-refractivity contribution >= 4 is 32.9 Å². The molecule has 112 valence electrons. The lowest BCUT2D eigenvalue weighted by molar-refractivity contribution is 0.0696. The van der Waals surface area contributed by atoms with Crippen molar-refractivity contribution in [1.29, 1.82) is 0 Å². The molecule has 0 saturated carbocycles. The third kappa shape index (κ3) is 2.77. The highest BCUT2D eigenvalue weighted by molar-refractivity contribution is 9.10. The van der Waals surface area contributed by atoms with Gasteiger partial charge in [-0.2, -0.15) is 0 Å². The van der Waals surface area contributed by atoms with Crippen molar-refractivity contribution in [1.82, 2.24) is 0 Å². The summed E-state index contributed by atoms with van der Waals surface area (Å²) < 4.78 is 17.0. The second kappa shape index (κ2) is 6.34. The number of methoxy groups -OCH3 is 1. The zero-order valence-electron chi connectivity index (χ0n) is 11.8. The molecule has 0 fully saturated rings. The summed E-state index contributed by atoms with van der Waals surface area (Å²) in [7, 11) is 1.57. The molecule has 0 N–H and O–H groups in total. The van der Waals surface area contributed by atoms with Crippen LogP contribution in [0, 0.1) is 0 Å². The maximum absolute atomic E-state index is 12.4. The van der Waals surface area contributed by atoms with Crippen LogP contribution in [0.15, 0.2) is 57.4 Å². The highest BCUT2D eigenvalue weighted by Crippen LogP contribution is 2.29. The average molecular weight is 361 g/mol. The van der Waals surface area contributed by atoms with Crippen LogP contribution in [0.4, 0.5) is 0 Å². The Labute approximate surface area is 135 Å². The Kier molecular flexibility index (Phi) is 4.27. The van der Waals surface area contributed by atoms with Crippen LogP contribution in [0.2, 0.25) is 0 Å². The number of carbonyl (C=O) groups excluding carboxylic acids is 1. The summed E-state index contributed by atoms with van der Waals surface area (Å²) in [4.78, 5) is 12.4. The van der Waals surface area contributed by atoms with E-state index in [9.17, 15) is 4.79 Å². The Morgan fingerprint density at radius 2 is 1.86 bits per heavy atom. The van der Waals surface area contributed by atoms with Crippen LogP contribution in [-0.4, -0.2) is 13.1 Å². The molecule has 0 aliphatic carbocycles. The van der Waals surface area contributed by atoms with Crippen LogP contribution >= 0.6 is 15.9 Å². The molecule has 0 radical (unpaired) electrons. The minimum Gasteiger partial charge on any atom is -0.449 e. The monoisotopic (exact) mass is 360 g/mol. The van der Waals surface area contributed by atoms with Crippen LogP contribution < -0.4 is 4.74 Å². The number of rotatable bonds is 4. The lowest BCUT2D eigenvalue weighted by Crippen LogP contribution is -2.10. The maximum Gasteiger partial charge on any atom is 0.380 e. The molecule has 22 heavy (non-hydrogen) atoms. The zero-order chi connectivity index (χ0) is 15.5. The summed E-state index contributed by atoms with van der Waals surface area (Å²) >= 11 is 3.35. The molecule has 0 saturated heterocycles. The molecule has 0 unspecified atom stereocenters. The van der Waals surface area contributed by atoms with E-state index in [0.717, 1.165) is 5.39 Å². The van der Waals surface area contributed by atoms with Gasteiger partial charge in [0.15, 0.2) is 0 Å². The summed E-state index contributed by atoms with van der Waals surface area (Å²) in [6.07, 6.45) is 0. The second-order valence-electron chi connectivity index (χ2n) is 4.66. The largest absolute Gasteiger partial charge is 0.449 e. The number of hydrogen-bond donors (Lipinski definition) is 0. The lowest BCUT2D eigenvalue weighted by Gasteiger charge is -2.05. The topological polar surface area (TPSA) is 48.7 Å². The molecule has 3 rings (SSSR count). The third-order valence-corrected chi connectivity index (χ3v) is 3.87. The Balaban J connectivity index is 2.00. The standard InChI is InChI=1S/C17H13BrO4/c1-20-10-12-11-6-2-4-8-14(11)21-16(12)17(19)22-15-9-5-3-7-13(15)18/h2-9H,10H2,1H3. The van der Waals surface area contributed by atoms with Gasteiger partial charge < -0.3 is 13.9 Å². The molecule has 4 nitrogen and oxygen atoms in total. The van der Waals surface area contributed by atoms with Crippen molar-refractivity contribution in [3.05, 3.63) is 64.3 Å². The highest BCUT2D eigenvalue weighted by Gasteiger charge is 2.22. The molecule has 0 amide bonds. The zero-order valence-corrected chi connectivity index (χ0v) is 13.4. The first-order valence-corrected chi connectivity index (χ1v) is 7.46. The van der Waals surface area contributed by atoms with Gasteiger partial charge in [0.05, 0.1) is 11.1 Å². The van der Waals surface area contributed by atoms with Crippen molar-refractivity contribution in [2.75, 3.05) is 7.11 Å². The quantitative estimate of drug-likeness (QED) is 0.505. The third-order valence-electron chi connectivity index (χ3n) is 3.21. The van der Waals surface area contributed by atoms with E-state index in [1.807, 2.05) is 30.3 Å². The number of ether oxygens (including phenoxy) is 2. The molecule has 0 atom stereocenters.